The van der Waals surface area contributed by atoms with Gasteiger partial charge < -0.3 is 10.4 Å². The molecule has 0 radical (unpaired) electrons. The molecule has 5 heteroatoms. The van der Waals surface area contributed by atoms with Crippen molar-refractivity contribution in [2.45, 2.75) is 6.42 Å². The third-order valence-corrected chi connectivity index (χ3v) is 2.07. The molecule has 0 aliphatic heterocycles. The number of nitrogens with zero attached hydrogens (tertiary/aromatic N) is 1. The van der Waals surface area contributed by atoms with Crippen molar-refractivity contribution in [2.75, 3.05) is 13.6 Å². The Morgan fingerprint density at radius 2 is 2.31 bits per heavy atom. The number of nitrogens with one attached hydrogen (secondary N) is 1. The van der Waals surface area contributed by atoms with Gasteiger partial charge >= 0.3 is 5.69 Å². The van der Waals surface area contributed by atoms with Crippen LogP contribution in [-0.2, 0) is 0 Å². The first-order valence-corrected chi connectivity index (χ1v) is 4.93. The monoisotopic (exact) mass is 222 g/mol. The maximum absolute atomic E-state index is 10.6. The van der Waals surface area contributed by atoms with E-state index in [2.05, 4.69) is 5.32 Å². The SMILES string of the molecule is CNCCC=Cc1ccc(O)c([N+](=O)[O-])c1. The van der Waals surface area contributed by atoms with Crippen molar-refractivity contribution in [3.05, 3.63) is 40.0 Å². The Labute approximate surface area is 93.6 Å². The van der Waals surface area contributed by atoms with E-state index in [1.807, 2.05) is 13.1 Å². The Bertz CT molecular complexity index is 402. The maximum Gasteiger partial charge on any atom is 0.311 e. The lowest BCUT2D eigenvalue weighted by Gasteiger charge is -1.97. The smallest absolute Gasteiger partial charge is 0.311 e. The van der Waals surface area contributed by atoms with Crippen LogP contribution in [0.2, 0.25) is 0 Å². The van der Waals surface area contributed by atoms with Crippen molar-refractivity contribution >= 4 is 11.8 Å². The van der Waals surface area contributed by atoms with Crippen LogP contribution < -0.4 is 5.32 Å². The first kappa shape index (κ1) is 12.2. The molecule has 16 heavy (non-hydrogen) atoms. The van der Waals surface area contributed by atoms with Crippen LogP contribution in [0.4, 0.5) is 5.69 Å². The van der Waals surface area contributed by atoms with E-state index in [4.69, 9.17) is 0 Å². The fourth-order valence-electron chi connectivity index (χ4n) is 1.24. The number of nitro benzene ring substituents is 1. The summed E-state index contributed by atoms with van der Waals surface area (Å²) < 4.78 is 0. The molecule has 0 spiro atoms. The molecule has 0 bridgehead atoms. The van der Waals surface area contributed by atoms with Crippen LogP contribution in [0.1, 0.15) is 12.0 Å². The maximum atomic E-state index is 10.6. The minimum Gasteiger partial charge on any atom is -0.502 e. The number of hydrogen-bond acceptors (Lipinski definition) is 4. The lowest BCUT2D eigenvalue weighted by Crippen LogP contribution is -2.05. The number of aromatic hydroxyl groups is 1. The second kappa shape index (κ2) is 5.87. The minimum atomic E-state index is -0.597. The quantitative estimate of drug-likeness (QED) is 0.453. The van der Waals surface area contributed by atoms with Gasteiger partial charge in [0.25, 0.3) is 0 Å². The van der Waals surface area contributed by atoms with Gasteiger partial charge in [-0.05, 0) is 31.6 Å². The third-order valence-electron chi connectivity index (χ3n) is 2.07. The molecule has 1 aromatic carbocycles. The molecule has 0 aliphatic carbocycles. The molecular formula is C11H14N2O3. The van der Waals surface area contributed by atoms with Gasteiger partial charge in [0.2, 0.25) is 0 Å². The van der Waals surface area contributed by atoms with Crippen molar-refractivity contribution in [1.29, 1.82) is 0 Å². The number of benzene rings is 1. The highest BCUT2D eigenvalue weighted by Crippen LogP contribution is 2.26. The van der Waals surface area contributed by atoms with E-state index >= 15 is 0 Å². The zero-order valence-electron chi connectivity index (χ0n) is 9.01. The lowest BCUT2D eigenvalue weighted by atomic mass is 10.1. The lowest BCUT2D eigenvalue weighted by molar-refractivity contribution is -0.385. The number of phenols is 1. The Kier molecular flexibility index (Phi) is 4.47. The number of nitro groups is 1. The van der Waals surface area contributed by atoms with Gasteiger partial charge in [-0.2, -0.15) is 0 Å². The standard InChI is InChI=1S/C11H14N2O3/c1-12-7-3-2-4-9-5-6-11(14)10(8-9)13(15)16/h2,4-6,8,12,14H,3,7H2,1H3. The summed E-state index contributed by atoms with van der Waals surface area (Å²) in [7, 11) is 1.86. The van der Waals surface area contributed by atoms with Gasteiger partial charge in [0.1, 0.15) is 0 Å². The first-order chi connectivity index (χ1) is 7.65. The van der Waals surface area contributed by atoms with E-state index in [9.17, 15) is 15.2 Å². The van der Waals surface area contributed by atoms with Crippen LogP contribution in [-0.4, -0.2) is 23.6 Å². The zero-order chi connectivity index (χ0) is 12.0. The van der Waals surface area contributed by atoms with Gasteiger partial charge in [0.05, 0.1) is 4.92 Å². The van der Waals surface area contributed by atoms with Gasteiger partial charge in [-0.25, -0.2) is 0 Å². The van der Waals surface area contributed by atoms with Gasteiger partial charge in [0.15, 0.2) is 5.75 Å². The Hall–Kier alpha value is -1.88. The van der Waals surface area contributed by atoms with E-state index < -0.39 is 4.92 Å². The molecule has 1 aromatic rings. The van der Waals surface area contributed by atoms with Crippen LogP contribution in [0, 0.1) is 10.1 Å². The molecule has 5 nitrogen and oxygen atoms in total. The van der Waals surface area contributed by atoms with Crippen molar-refractivity contribution in [1.82, 2.24) is 5.32 Å². The molecule has 0 unspecified atom stereocenters. The summed E-state index contributed by atoms with van der Waals surface area (Å²) in [5.74, 6) is -0.308. The summed E-state index contributed by atoms with van der Waals surface area (Å²) >= 11 is 0. The van der Waals surface area contributed by atoms with Gasteiger partial charge in [-0.15, -0.1) is 0 Å². The minimum absolute atomic E-state index is 0.268. The largest absolute Gasteiger partial charge is 0.502 e. The average Bonchev–Trinajstić information content (AvgIpc) is 2.26. The highest BCUT2D eigenvalue weighted by molar-refractivity contribution is 5.58. The summed E-state index contributed by atoms with van der Waals surface area (Å²) in [4.78, 5) is 9.96. The Morgan fingerprint density at radius 3 is 2.94 bits per heavy atom. The molecule has 1 rings (SSSR count). The van der Waals surface area contributed by atoms with Gasteiger partial charge in [-0.3, -0.25) is 10.1 Å². The summed E-state index contributed by atoms with van der Waals surface area (Å²) in [6.07, 6.45) is 4.57. The van der Waals surface area contributed by atoms with Crippen molar-refractivity contribution in [3.63, 3.8) is 0 Å². The van der Waals surface area contributed by atoms with Gasteiger partial charge in [-0.1, -0.05) is 18.2 Å². The highest BCUT2D eigenvalue weighted by atomic mass is 16.6. The van der Waals surface area contributed by atoms with E-state index in [1.54, 1.807) is 12.1 Å². The summed E-state index contributed by atoms with van der Waals surface area (Å²) in [5.41, 5.74) is 0.441. The molecule has 0 saturated heterocycles. The summed E-state index contributed by atoms with van der Waals surface area (Å²) in [5, 5.41) is 22.8. The number of hydrogen-bond donors (Lipinski definition) is 2. The molecule has 0 saturated carbocycles. The van der Waals surface area contributed by atoms with Crippen LogP contribution in [0.5, 0.6) is 5.75 Å². The van der Waals surface area contributed by atoms with Crippen molar-refractivity contribution in [3.8, 4) is 5.75 Å². The molecule has 0 aliphatic rings. The van der Waals surface area contributed by atoms with Crippen molar-refractivity contribution in [2.24, 2.45) is 0 Å². The summed E-state index contributed by atoms with van der Waals surface area (Å²) in [6, 6.07) is 4.32. The molecule has 0 fully saturated rings. The highest BCUT2D eigenvalue weighted by Gasteiger charge is 2.12. The molecular weight excluding hydrogens is 208 g/mol. The molecule has 0 heterocycles. The van der Waals surface area contributed by atoms with Crippen LogP contribution >= 0.6 is 0 Å². The topological polar surface area (TPSA) is 75.4 Å². The van der Waals surface area contributed by atoms with Crippen LogP contribution in [0.25, 0.3) is 6.08 Å². The van der Waals surface area contributed by atoms with E-state index in [1.165, 1.54) is 12.1 Å². The van der Waals surface area contributed by atoms with Gasteiger partial charge in [0, 0.05) is 6.07 Å². The number of phenolic OH excluding ortho intramolecular Hbond substituents is 1. The molecule has 0 atom stereocenters. The zero-order valence-corrected chi connectivity index (χ0v) is 9.01. The first-order valence-electron chi connectivity index (χ1n) is 4.93. The van der Waals surface area contributed by atoms with Crippen LogP contribution in [0.15, 0.2) is 24.3 Å². The van der Waals surface area contributed by atoms with Crippen LogP contribution in [0.3, 0.4) is 0 Å². The van der Waals surface area contributed by atoms with Crippen molar-refractivity contribution < 1.29 is 10.0 Å². The Morgan fingerprint density at radius 1 is 1.56 bits per heavy atom. The normalized spacial score (nSPS) is 10.8. The molecule has 2 N–H and O–H groups in total. The number of rotatable bonds is 5. The van der Waals surface area contributed by atoms with E-state index in [0.29, 0.717) is 5.56 Å². The third kappa shape index (κ3) is 3.36. The molecule has 86 valence electrons. The summed E-state index contributed by atoms with van der Waals surface area (Å²) in [6.45, 7) is 0.858. The molecule has 0 aromatic heterocycles. The second-order valence-electron chi connectivity index (χ2n) is 3.30. The fourth-order valence-corrected chi connectivity index (χ4v) is 1.24. The average molecular weight is 222 g/mol. The predicted octanol–water partition coefficient (Wildman–Crippen LogP) is 1.92. The van der Waals surface area contributed by atoms with E-state index in [0.717, 1.165) is 13.0 Å². The Balaban J connectivity index is 2.78. The second-order valence-corrected chi connectivity index (χ2v) is 3.30. The molecule has 0 amide bonds. The van der Waals surface area contributed by atoms with E-state index in [-0.39, 0.29) is 11.4 Å². The predicted molar refractivity (Wildman–Crippen MR) is 62.3 cm³/mol. The fraction of sp³-hybridized carbons (Fsp3) is 0.273.